The van der Waals surface area contributed by atoms with Gasteiger partial charge in [-0.15, -0.1) is 0 Å². The molecule has 3 aromatic rings. The Morgan fingerprint density at radius 2 is 1.74 bits per heavy atom. The highest BCUT2D eigenvalue weighted by molar-refractivity contribution is 7.85. The number of esters is 1. The normalized spacial score (nSPS) is 12.1. The number of aromatic amines is 1. The van der Waals surface area contributed by atoms with Crippen molar-refractivity contribution in [3.8, 4) is 5.69 Å². The van der Waals surface area contributed by atoms with E-state index in [1.54, 1.807) is 12.1 Å². The molecule has 2 aromatic carbocycles. The van der Waals surface area contributed by atoms with Crippen molar-refractivity contribution >= 4 is 34.0 Å². The Balaban J connectivity index is 2.12. The summed E-state index contributed by atoms with van der Waals surface area (Å²) in [6.07, 6.45) is 0.986. The summed E-state index contributed by atoms with van der Waals surface area (Å²) in [6, 6.07) is 9.86. The molecule has 184 valence electrons. The molecule has 3 rings (SSSR count). The molecule has 0 aliphatic heterocycles. The van der Waals surface area contributed by atoms with Gasteiger partial charge in [0.2, 0.25) is 0 Å². The standard InChI is InChI=1S/C23H23N3O8S/c1-23(2,3)13-5-7-14(8-6-13)26-20(27)17(19(25-26)22(30)34-4)12-24-18-10-9-15(35(31,32)33)11-16(18)21(28)29/h5-12,25H,1-4H3,(H,28,29)(H,31,32,33). The number of nitrogens with one attached hydrogen (secondary N) is 1. The Morgan fingerprint density at radius 1 is 1.11 bits per heavy atom. The van der Waals surface area contributed by atoms with E-state index in [2.05, 4.69) is 10.1 Å². The lowest BCUT2D eigenvalue weighted by molar-refractivity contribution is 0.0592. The SMILES string of the molecule is COC(=O)c1[nH]n(-c2ccc(C(C)(C)C)cc2)c(=O)c1C=Nc1ccc(S(=O)(=O)O)cc1C(=O)O. The van der Waals surface area contributed by atoms with Gasteiger partial charge in [-0.1, -0.05) is 32.9 Å². The minimum atomic E-state index is -4.65. The maximum atomic E-state index is 13.1. The molecule has 1 heterocycles. The summed E-state index contributed by atoms with van der Waals surface area (Å²) in [7, 11) is -3.51. The molecule has 0 atom stereocenters. The van der Waals surface area contributed by atoms with Crippen molar-refractivity contribution in [2.24, 2.45) is 4.99 Å². The summed E-state index contributed by atoms with van der Waals surface area (Å²) in [5, 5.41) is 12.1. The zero-order chi connectivity index (χ0) is 26.1. The number of carboxylic acids is 1. The topological polar surface area (TPSA) is 168 Å². The number of carboxylic acid groups (broad SMARTS) is 1. The van der Waals surface area contributed by atoms with E-state index in [1.807, 2.05) is 32.9 Å². The van der Waals surface area contributed by atoms with Crippen molar-refractivity contribution in [3.05, 3.63) is 75.2 Å². The van der Waals surface area contributed by atoms with Crippen molar-refractivity contribution in [1.82, 2.24) is 9.78 Å². The van der Waals surface area contributed by atoms with E-state index in [9.17, 15) is 27.9 Å². The average Bonchev–Trinajstić information content (AvgIpc) is 3.11. The highest BCUT2D eigenvalue weighted by Gasteiger charge is 2.22. The van der Waals surface area contributed by atoms with Crippen LogP contribution in [0.25, 0.3) is 5.69 Å². The van der Waals surface area contributed by atoms with Crippen LogP contribution < -0.4 is 5.56 Å². The lowest BCUT2D eigenvalue weighted by Gasteiger charge is -2.19. The third-order valence-electron chi connectivity index (χ3n) is 5.14. The number of carbonyl (C=O) groups is 2. The van der Waals surface area contributed by atoms with Crippen molar-refractivity contribution in [1.29, 1.82) is 0 Å². The molecule has 0 saturated carbocycles. The Bertz CT molecular complexity index is 1490. The lowest BCUT2D eigenvalue weighted by Crippen LogP contribution is -2.18. The third-order valence-corrected chi connectivity index (χ3v) is 5.99. The van der Waals surface area contributed by atoms with Crippen LogP contribution in [-0.2, 0) is 20.3 Å². The number of aliphatic imine (C=N–C) groups is 1. The number of hydrogen-bond donors (Lipinski definition) is 3. The van der Waals surface area contributed by atoms with E-state index >= 15 is 0 Å². The molecule has 0 amide bonds. The second kappa shape index (κ2) is 9.31. The Morgan fingerprint density at radius 3 is 2.26 bits per heavy atom. The van der Waals surface area contributed by atoms with Gasteiger partial charge < -0.3 is 9.84 Å². The molecule has 0 bridgehead atoms. The first-order valence-electron chi connectivity index (χ1n) is 10.2. The maximum absolute atomic E-state index is 13.1. The molecule has 12 heteroatoms. The summed E-state index contributed by atoms with van der Waals surface area (Å²) in [5.74, 6) is -2.37. The molecule has 35 heavy (non-hydrogen) atoms. The van der Waals surface area contributed by atoms with Crippen LogP contribution in [0.15, 0.2) is 57.1 Å². The molecule has 0 aliphatic rings. The Hall–Kier alpha value is -4.03. The number of aromatic nitrogens is 2. The minimum Gasteiger partial charge on any atom is -0.478 e. The second-order valence-electron chi connectivity index (χ2n) is 8.55. The minimum absolute atomic E-state index is 0.110. The monoisotopic (exact) mass is 501 g/mol. The van der Waals surface area contributed by atoms with E-state index < -0.39 is 38.1 Å². The molecule has 0 radical (unpaired) electrons. The van der Waals surface area contributed by atoms with Gasteiger partial charge in [0.15, 0.2) is 5.69 Å². The van der Waals surface area contributed by atoms with Gasteiger partial charge in [0.1, 0.15) is 0 Å². The molecule has 0 aliphatic carbocycles. The number of benzene rings is 2. The van der Waals surface area contributed by atoms with E-state index in [4.69, 9.17) is 9.29 Å². The predicted molar refractivity (Wildman–Crippen MR) is 127 cm³/mol. The van der Waals surface area contributed by atoms with Crippen LogP contribution >= 0.6 is 0 Å². The number of aromatic carboxylic acids is 1. The zero-order valence-corrected chi connectivity index (χ0v) is 20.1. The van der Waals surface area contributed by atoms with Crippen LogP contribution in [0, 0.1) is 0 Å². The van der Waals surface area contributed by atoms with Gasteiger partial charge in [-0.3, -0.25) is 19.4 Å². The first-order valence-corrected chi connectivity index (χ1v) is 11.6. The van der Waals surface area contributed by atoms with E-state index in [-0.39, 0.29) is 22.4 Å². The number of methoxy groups -OCH3 is 1. The quantitative estimate of drug-likeness (QED) is 0.263. The van der Waals surface area contributed by atoms with Crippen molar-refractivity contribution in [3.63, 3.8) is 0 Å². The molecule has 0 unspecified atom stereocenters. The van der Waals surface area contributed by atoms with Crippen molar-refractivity contribution in [2.75, 3.05) is 7.11 Å². The zero-order valence-electron chi connectivity index (χ0n) is 19.3. The highest BCUT2D eigenvalue weighted by atomic mass is 32.2. The molecule has 0 saturated heterocycles. The summed E-state index contributed by atoms with van der Waals surface area (Å²) in [4.78, 5) is 40.4. The van der Waals surface area contributed by atoms with Crippen LogP contribution in [0.2, 0.25) is 0 Å². The lowest BCUT2D eigenvalue weighted by atomic mass is 9.87. The summed E-state index contributed by atoms with van der Waals surface area (Å²) in [5.41, 5.74) is -0.446. The Kier molecular flexibility index (Phi) is 6.81. The number of H-pyrrole nitrogens is 1. The fraction of sp³-hybridized carbons (Fsp3) is 0.217. The van der Waals surface area contributed by atoms with Gasteiger partial charge in [0.25, 0.3) is 15.7 Å². The molecule has 0 fully saturated rings. The summed E-state index contributed by atoms with van der Waals surface area (Å²) < 4.78 is 37.7. The van der Waals surface area contributed by atoms with Gasteiger partial charge in [-0.2, -0.15) is 8.42 Å². The first-order chi connectivity index (χ1) is 16.2. The van der Waals surface area contributed by atoms with Gasteiger partial charge in [0, 0.05) is 6.21 Å². The molecule has 0 spiro atoms. The highest BCUT2D eigenvalue weighted by Crippen LogP contribution is 2.24. The van der Waals surface area contributed by atoms with E-state index in [0.29, 0.717) is 5.69 Å². The Labute approximate surface area is 200 Å². The predicted octanol–water partition coefficient (Wildman–Crippen LogP) is 2.95. The van der Waals surface area contributed by atoms with Crippen molar-refractivity contribution in [2.45, 2.75) is 31.1 Å². The molecule has 11 nitrogen and oxygen atoms in total. The summed E-state index contributed by atoms with van der Waals surface area (Å²) >= 11 is 0. The first kappa shape index (κ1) is 25.6. The number of carbonyl (C=O) groups excluding carboxylic acids is 1. The van der Waals surface area contributed by atoms with Crippen LogP contribution in [-0.4, -0.2) is 53.1 Å². The second-order valence-corrected chi connectivity index (χ2v) is 9.97. The van der Waals surface area contributed by atoms with Gasteiger partial charge >= 0.3 is 11.9 Å². The molecular weight excluding hydrogens is 478 g/mol. The third kappa shape index (κ3) is 5.39. The fourth-order valence-electron chi connectivity index (χ4n) is 3.21. The molecule has 3 N–H and O–H groups in total. The van der Waals surface area contributed by atoms with Crippen LogP contribution in [0.5, 0.6) is 0 Å². The summed E-state index contributed by atoms with van der Waals surface area (Å²) in [6.45, 7) is 6.13. The molecule has 1 aromatic heterocycles. The van der Waals surface area contributed by atoms with Crippen LogP contribution in [0.1, 0.15) is 52.7 Å². The van der Waals surface area contributed by atoms with Gasteiger partial charge in [-0.05, 0) is 41.3 Å². The van der Waals surface area contributed by atoms with Gasteiger partial charge in [0.05, 0.1) is 34.5 Å². The number of rotatable bonds is 6. The number of ether oxygens (including phenoxy) is 1. The number of nitrogens with zero attached hydrogens (tertiary/aromatic N) is 2. The van der Waals surface area contributed by atoms with Gasteiger partial charge in [-0.25, -0.2) is 14.3 Å². The van der Waals surface area contributed by atoms with Crippen LogP contribution in [0.3, 0.4) is 0 Å². The molecular formula is C23H23N3O8S. The van der Waals surface area contributed by atoms with E-state index in [0.717, 1.165) is 41.8 Å². The smallest absolute Gasteiger partial charge is 0.356 e. The van der Waals surface area contributed by atoms with E-state index in [1.165, 1.54) is 0 Å². The van der Waals surface area contributed by atoms with Crippen molar-refractivity contribution < 1.29 is 32.4 Å². The van der Waals surface area contributed by atoms with Crippen LogP contribution in [0.4, 0.5) is 5.69 Å². The average molecular weight is 502 g/mol. The fourth-order valence-corrected chi connectivity index (χ4v) is 3.72. The maximum Gasteiger partial charge on any atom is 0.356 e. The largest absolute Gasteiger partial charge is 0.478 e. The number of hydrogen-bond acceptors (Lipinski definition) is 7.